The maximum atomic E-state index is 5.53. The van der Waals surface area contributed by atoms with Gasteiger partial charge in [0.15, 0.2) is 11.6 Å². The SMILES string of the molecule is CCN1CC[C@@H](c2nc(C3CCOCC3)nn2-c2cnc3ccccc3n2)C1. The smallest absolute Gasteiger partial charge is 0.174 e. The summed E-state index contributed by atoms with van der Waals surface area (Å²) in [6.07, 6.45) is 4.90. The highest BCUT2D eigenvalue weighted by Crippen LogP contribution is 2.31. The minimum atomic E-state index is 0.367. The number of aromatic nitrogens is 5. The normalized spacial score (nSPS) is 21.5. The molecule has 4 heterocycles. The fourth-order valence-electron chi connectivity index (χ4n) is 4.28. The van der Waals surface area contributed by atoms with Crippen molar-refractivity contribution in [3.63, 3.8) is 0 Å². The molecule has 0 aliphatic carbocycles. The molecule has 146 valence electrons. The van der Waals surface area contributed by atoms with Crippen LogP contribution in [0.1, 0.15) is 49.7 Å². The molecule has 2 saturated heterocycles. The van der Waals surface area contributed by atoms with Crippen molar-refractivity contribution in [2.75, 3.05) is 32.8 Å². The Balaban J connectivity index is 1.56. The van der Waals surface area contributed by atoms with E-state index >= 15 is 0 Å². The fourth-order valence-corrected chi connectivity index (χ4v) is 4.28. The van der Waals surface area contributed by atoms with E-state index in [2.05, 4.69) is 16.8 Å². The van der Waals surface area contributed by atoms with Crippen LogP contribution in [0, 0.1) is 0 Å². The third kappa shape index (κ3) is 3.29. The Kier molecular flexibility index (Phi) is 4.78. The van der Waals surface area contributed by atoms with Gasteiger partial charge in [-0.3, -0.25) is 4.98 Å². The van der Waals surface area contributed by atoms with Crippen LogP contribution < -0.4 is 0 Å². The monoisotopic (exact) mass is 378 g/mol. The van der Waals surface area contributed by atoms with Crippen LogP contribution in [0.15, 0.2) is 30.5 Å². The lowest BCUT2D eigenvalue weighted by Crippen LogP contribution is -2.20. The lowest BCUT2D eigenvalue weighted by molar-refractivity contribution is 0.0836. The van der Waals surface area contributed by atoms with E-state index in [0.29, 0.717) is 11.8 Å². The molecule has 2 aliphatic rings. The Hall–Kier alpha value is -2.38. The van der Waals surface area contributed by atoms with Gasteiger partial charge in [-0.2, -0.15) is 4.68 Å². The Morgan fingerprint density at radius 2 is 1.86 bits per heavy atom. The van der Waals surface area contributed by atoms with E-state index in [-0.39, 0.29) is 0 Å². The second-order valence-corrected chi connectivity index (χ2v) is 7.72. The van der Waals surface area contributed by atoms with Gasteiger partial charge in [-0.1, -0.05) is 19.1 Å². The third-order valence-electron chi connectivity index (χ3n) is 5.97. The first-order valence-corrected chi connectivity index (χ1v) is 10.3. The predicted molar refractivity (Wildman–Crippen MR) is 107 cm³/mol. The fraction of sp³-hybridized carbons (Fsp3) is 0.524. The highest BCUT2D eigenvalue weighted by Gasteiger charge is 2.30. The molecule has 5 rings (SSSR count). The molecule has 7 heteroatoms. The molecule has 28 heavy (non-hydrogen) atoms. The van der Waals surface area contributed by atoms with Crippen LogP contribution in [0.25, 0.3) is 16.9 Å². The van der Waals surface area contributed by atoms with Crippen molar-refractivity contribution in [1.29, 1.82) is 0 Å². The zero-order chi connectivity index (χ0) is 18.9. The van der Waals surface area contributed by atoms with E-state index in [1.54, 1.807) is 0 Å². The van der Waals surface area contributed by atoms with Crippen molar-refractivity contribution in [3.05, 3.63) is 42.1 Å². The van der Waals surface area contributed by atoms with Gasteiger partial charge in [-0.15, -0.1) is 5.10 Å². The van der Waals surface area contributed by atoms with Crippen molar-refractivity contribution in [2.45, 2.75) is 38.0 Å². The highest BCUT2D eigenvalue weighted by molar-refractivity contribution is 5.74. The Morgan fingerprint density at radius 3 is 2.64 bits per heavy atom. The summed E-state index contributed by atoms with van der Waals surface area (Å²) in [6.45, 7) is 7.02. The van der Waals surface area contributed by atoms with Gasteiger partial charge in [0.25, 0.3) is 0 Å². The van der Waals surface area contributed by atoms with E-state index in [4.69, 9.17) is 19.8 Å². The number of benzene rings is 1. The van der Waals surface area contributed by atoms with Crippen LogP contribution in [0.5, 0.6) is 0 Å². The predicted octanol–water partition coefficient (Wildman–Crippen LogP) is 2.91. The number of ether oxygens (including phenoxy) is 1. The molecule has 0 radical (unpaired) electrons. The van der Waals surface area contributed by atoms with Gasteiger partial charge < -0.3 is 9.64 Å². The number of para-hydroxylation sites is 2. The van der Waals surface area contributed by atoms with E-state index in [0.717, 1.165) is 80.6 Å². The van der Waals surface area contributed by atoms with Gasteiger partial charge >= 0.3 is 0 Å². The van der Waals surface area contributed by atoms with Crippen molar-refractivity contribution >= 4 is 11.0 Å². The van der Waals surface area contributed by atoms with Crippen LogP contribution in [-0.2, 0) is 4.74 Å². The molecule has 0 spiro atoms. The second kappa shape index (κ2) is 7.56. The number of likely N-dealkylation sites (tertiary alicyclic amines) is 1. The van der Waals surface area contributed by atoms with Crippen LogP contribution in [-0.4, -0.2) is 62.5 Å². The quantitative estimate of drug-likeness (QED) is 0.695. The summed E-state index contributed by atoms with van der Waals surface area (Å²) in [4.78, 5) is 17.0. The molecule has 0 amide bonds. The summed E-state index contributed by atoms with van der Waals surface area (Å²) >= 11 is 0. The number of hydrogen-bond acceptors (Lipinski definition) is 6. The second-order valence-electron chi connectivity index (χ2n) is 7.72. The number of nitrogens with zero attached hydrogens (tertiary/aromatic N) is 6. The molecule has 1 atom stereocenters. The molecule has 1 aromatic carbocycles. The molecule has 2 aliphatic heterocycles. The Bertz CT molecular complexity index is 964. The lowest BCUT2D eigenvalue weighted by Gasteiger charge is -2.18. The van der Waals surface area contributed by atoms with Crippen LogP contribution in [0.4, 0.5) is 0 Å². The lowest BCUT2D eigenvalue weighted by atomic mass is 10.00. The van der Waals surface area contributed by atoms with Crippen molar-refractivity contribution in [3.8, 4) is 5.82 Å². The van der Waals surface area contributed by atoms with Crippen molar-refractivity contribution in [2.24, 2.45) is 0 Å². The molecular formula is C21H26N6O. The average molecular weight is 378 g/mol. The minimum Gasteiger partial charge on any atom is -0.381 e. The maximum absolute atomic E-state index is 5.53. The minimum absolute atomic E-state index is 0.367. The van der Waals surface area contributed by atoms with Crippen LogP contribution in [0.3, 0.4) is 0 Å². The summed E-state index contributed by atoms with van der Waals surface area (Å²) in [7, 11) is 0. The van der Waals surface area contributed by atoms with Crippen LogP contribution in [0.2, 0.25) is 0 Å². The van der Waals surface area contributed by atoms with E-state index in [1.165, 1.54) is 0 Å². The topological polar surface area (TPSA) is 69.0 Å². The van der Waals surface area contributed by atoms with Crippen LogP contribution >= 0.6 is 0 Å². The van der Waals surface area contributed by atoms with Gasteiger partial charge in [0, 0.05) is 31.6 Å². The van der Waals surface area contributed by atoms with E-state index in [1.807, 2.05) is 35.1 Å². The molecule has 0 saturated carbocycles. The summed E-state index contributed by atoms with van der Waals surface area (Å²) in [5, 5.41) is 4.94. The van der Waals surface area contributed by atoms with Gasteiger partial charge in [0.2, 0.25) is 0 Å². The van der Waals surface area contributed by atoms with Gasteiger partial charge in [0.05, 0.1) is 17.2 Å². The van der Waals surface area contributed by atoms with E-state index < -0.39 is 0 Å². The molecule has 3 aromatic rings. The molecule has 2 fully saturated rings. The molecular weight excluding hydrogens is 352 g/mol. The number of fused-ring (bicyclic) bond motifs is 1. The Morgan fingerprint density at radius 1 is 1.04 bits per heavy atom. The maximum Gasteiger partial charge on any atom is 0.174 e. The third-order valence-corrected chi connectivity index (χ3v) is 5.97. The van der Waals surface area contributed by atoms with Gasteiger partial charge in [-0.25, -0.2) is 9.97 Å². The first kappa shape index (κ1) is 17.7. The van der Waals surface area contributed by atoms with Gasteiger partial charge in [-0.05, 0) is 44.5 Å². The first-order chi connectivity index (χ1) is 13.8. The molecule has 0 unspecified atom stereocenters. The largest absolute Gasteiger partial charge is 0.381 e. The average Bonchev–Trinajstić information content (AvgIpc) is 3.41. The summed E-state index contributed by atoms with van der Waals surface area (Å²) < 4.78 is 7.48. The molecule has 2 aromatic heterocycles. The summed E-state index contributed by atoms with van der Waals surface area (Å²) in [5.74, 6) is 3.47. The molecule has 0 bridgehead atoms. The molecule has 0 N–H and O–H groups in total. The summed E-state index contributed by atoms with van der Waals surface area (Å²) in [6, 6.07) is 7.96. The van der Waals surface area contributed by atoms with Gasteiger partial charge in [0.1, 0.15) is 5.82 Å². The number of likely N-dealkylation sites (N-methyl/N-ethyl adjacent to an activating group) is 1. The highest BCUT2D eigenvalue weighted by atomic mass is 16.5. The van der Waals surface area contributed by atoms with E-state index in [9.17, 15) is 0 Å². The number of hydrogen-bond donors (Lipinski definition) is 0. The Labute approximate surface area is 164 Å². The van der Waals surface area contributed by atoms with Crippen molar-refractivity contribution < 1.29 is 4.74 Å². The summed E-state index contributed by atoms with van der Waals surface area (Å²) in [5.41, 5.74) is 1.78. The molecule has 7 nitrogen and oxygen atoms in total. The zero-order valence-corrected chi connectivity index (χ0v) is 16.3. The zero-order valence-electron chi connectivity index (χ0n) is 16.3. The first-order valence-electron chi connectivity index (χ1n) is 10.3. The standard InChI is InChI=1S/C21H26N6O/c1-2-26-10-7-16(14-26)21-24-20(15-8-11-28-12-9-15)25-27(21)19-13-22-17-5-3-4-6-18(17)23-19/h3-6,13,15-16H,2,7-12,14H2,1H3/t16-/m1/s1. The number of rotatable bonds is 4. The van der Waals surface area contributed by atoms with Crippen molar-refractivity contribution in [1.82, 2.24) is 29.6 Å².